The zero-order valence-electron chi connectivity index (χ0n) is 5.48. The molecule has 1 heterocycles. The molecule has 1 aromatic rings. The van der Waals surface area contributed by atoms with Gasteiger partial charge >= 0.3 is 0 Å². The molecule has 0 unspecified atom stereocenters. The van der Waals surface area contributed by atoms with Crippen molar-refractivity contribution in [3.63, 3.8) is 0 Å². The van der Waals surface area contributed by atoms with Crippen LogP contribution in [-0.4, -0.2) is 9.97 Å². The van der Waals surface area contributed by atoms with Gasteiger partial charge in [0.2, 0.25) is 5.28 Å². The zero-order chi connectivity index (χ0) is 8.10. The third-order valence-corrected chi connectivity index (χ3v) is 1.16. The van der Waals surface area contributed by atoms with Crippen molar-refractivity contribution in [2.75, 3.05) is 0 Å². The van der Waals surface area contributed by atoms with Crippen LogP contribution in [-0.2, 0) is 6.54 Å². The molecule has 0 N–H and O–H groups in total. The maximum Gasteiger partial charge on any atom is 0.222 e. The van der Waals surface area contributed by atoms with Gasteiger partial charge in [0, 0.05) is 11.1 Å². The average molecular weight is 170 g/mol. The first-order valence-corrected chi connectivity index (χ1v) is 3.19. The van der Waals surface area contributed by atoms with Gasteiger partial charge in [-0.25, -0.2) is 9.97 Å². The van der Waals surface area contributed by atoms with Crippen LogP contribution < -0.4 is 0 Å². The number of hydrogen-bond donors (Lipinski definition) is 0. The van der Waals surface area contributed by atoms with Crippen LogP contribution in [0.2, 0.25) is 5.28 Å². The highest BCUT2D eigenvalue weighted by Crippen LogP contribution is 2.01. The molecule has 0 aliphatic rings. The Hall–Kier alpha value is -1.32. The highest BCUT2D eigenvalue weighted by molar-refractivity contribution is 6.28. The van der Waals surface area contributed by atoms with Crippen LogP contribution in [0, 0.1) is 0 Å². The van der Waals surface area contributed by atoms with Gasteiger partial charge in [-0.3, -0.25) is 0 Å². The molecule has 0 aromatic carbocycles. The lowest BCUT2D eigenvalue weighted by atomic mass is 10.4. The number of aromatic nitrogens is 2. The fourth-order valence-corrected chi connectivity index (χ4v) is 0.726. The van der Waals surface area contributed by atoms with Crippen molar-refractivity contribution in [2.24, 2.45) is 5.11 Å². The van der Waals surface area contributed by atoms with E-state index < -0.39 is 0 Å². The Labute approximate surface area is 67.7 Å². The van der Waals surface area contributed by atoms with Crippen molar-refractivity contribution in [3.8, 4) is 0 Å². The first-order valence-electron chi connectivity index (χ1n) is 2.81. The first-order chi connectivity index (χ1) is 5.33. The molecule has 1 aromatic heterocycles. The molecule has 0 radical (unpaired) electrons. The lowest BCUT2D eigenvalue weighted by Crippen LogP contribution is -1.88. The summed E-state index contributed by atoms with van der Waals surface area (Å²) in [5.74, 6) is 0. The van der Waals surface area contributed by atoms with Gasteiger partial charge in [-0.2, -0.15) is 0 Å². The monoisotopic (exact) mass is 169 g/mol. The largest absolute Gasteiger partial charge is 0.227 e. The summed E-state index contributed by atoms with van der Waals surface area (Å²) in [5.41, 5.74) is 8.59. The molecule has 1 rings (SSSR count). The number of hydrogen-bond acceptors (Lipinski definition) is 3. The van der Waals surface area contributed by atoms with Crippen LogP contribution in [0.4, 0.5) is 0 Å². The molecule has 0 bridgehead atoms. The fraction of sp³-hybridized carbons (Fsp3) is 0.200. The molecular formula is C5H4ClN5. The Bertz CT molecular complexity index is 293. The van der Waals surface area contributed by atoms with E-state index in [4.69, 9.17) is 17.1 Å². The van der Waals surface area contributed by atoms with Gasteiger partial charge < -0.3 is 0 Å². The molecule has 0 atom stereocenters. The topological polar surface area (TPSA) is 74.5 Å². The van der Waals surface area contributed by atoms with Crippen molar-refractivity contribution in [1.29, 1.82) is 0 Å². The molecule has 0 spiro atoms. The molecule has 6 heteroatoms. The first kappa shape index (κ1) is 7.78. The van der Waals surface area contributed by atoms with E-state index in [9.17, 15) is 0 Å². The number of nitrogens with zero attached hydrogens (tertiary/aromatic N) is 5. The van der Waals surface area contributed by atoms with Crippen LogP contribution in [0.25, 0.3) is 10.4 Å². The number of rotatable bonds is 2. The summed E-state index contributed by atoms with van der Waals surface area (Å²) >= 11 is 5.47. The van der Waals surface area contributed by atoms with Crippen molar-refractivity contribution in [3.05, 3.63) is 33.7 Å². The van der Waals surface area contributed by atoms with Crippen LogP contribution in [0.1, 0.15) is 5.69 Å². The van der Waals surface area contributed by atoms with E-state index in [1.165, 1.54) is 6.20 Å². The zero-order valence-corrected chi connectivity index (χ0v) is 6.23. The Balaban J connectivity index is 2.79. The smallest absolute Gasteiger partial charge is 0.222 e. The van der Waals surface area contributed by atoms with Crippen LogP contribution in [0.5, 0.6) is 0 Å². The minimum atomic E-state index is 0.163. The van der Waals surface area contributed by atoms with Gasteiger partial charge in [0.15, 0.2) is 0 Å². The van der Waals surface area contributed by atoms with Gasteiger partial charge in [0.25, 0.3) is 0 Å². The molecule has 0 fully saturated rings. The third-order valence-electron chi connectivity index (χ3n) is 0.980. The maximum atomic E-state index is 7.98. The molecule has 0 saturated heterocycles. The lowest BCUT2D eigenvalue weighted by Gasteiger charge is -1.92. The SMILES string of the molecule is [N-]=[N+]=NCc1ccnc(Cl)n1. The minimum Gasteiger partial charge on any atom is -0.227 e. The Morgan fingerprint density at radius 1 is 1.73 bits per heavy atom. The molecule has 56 valence electrons. The molecule has 5 nitrogen and oxygen atoms in total. The molecule has 0 aliphatic heterocycles. The number of halogens is 1. The normalized spacial score (nSPS) is 8.82. The summed E-state index contributed by atoms with van der Waals surface area (Å²) in [4.78, 5) is 10.0. The maximum absolute atomic E-state index is 7.98. The highest BCUT2D eigenvalue weighted by Gasteiger charge is 1.92. The summed E-state index contributed by atoms with van der Waals surface area (Å²) in [6.07, 6.45) is 1.51. The molecule has 11 heavy (non-hydrogen) atoms. The standard InChI is InChI=1S/C5H4ClN5/c6-5-8-2-1-4(10-5)3-9-11-7/h1-2H,3H2. The second-order valence-corrected chi connectivity index (χ2v) is 2.04. The Morgan fingerprint density at radius 2 is 2.55 bits per heavy atom. The molecule has 0 saturated carbocycles. The second-order valence-electron chi connectivity index (χ2n) is 1.71. The van der Waals surface area contributed by atoms with E-state index in [2.05, 4.69) is 20.0 Å². The molecule has 0 amide bonds. The predicted molar refractivity (Wildman–Crippen MR) is 39.9 cm³/mol. The van der Waals surface area contributed by atoms with Crippen LogP contribution >= 0.6 is 11.6 Å². The van der Waals surface area contributed by atoms with Gasteiger partial charge in [-0.05, 0) is 23.2 Å². The van der Waals surface area contributed by atoms with Crippen LogP contribution in [0.15, 0.2) is 17.4 Å². The van der Waals surface area contributed by atoms with E-state index in [0.29, 0.717) is 5.69 Å². The summed E-state index contributed by atoms with van der Waals surface area (Å²) in [6, 6.07) is 1.64. The summed E-state index contributed by atoms with van der Waals surface area (Å²) in [5, 5.41) is 3.48. The van der Waals surface area contributed by atoms with E-state index in [-0.39, 0.29) is 11.8 Å². The van der Waals surface area contributed by atoms with Gasteiger partial charge in [-0.1, -0.05) is 5.11 Å². The van der Waals surface area contributed by atoms with Crippen molar-refractivity contribution in [2.45, 2.75) is 6.54 Å². The van der Waals surface area contributed by atoms with Crippen molar-refractivity contribution >= 4 is 11.6 Å². The molecular weight excluding hydrogens is 166 g/mol. The van der Waals surface area contributed by atoms with E-state index in [1.807, 2.05) is 0 Å². The second kappa shape index (κ2) is 3.75. The third kappa shape index (κ3) is 2.41. The van der Waals surface area contributed by atoms with Crippen molar-refractivity contribution < 1.29 is 0 Å². The Kier molecular flexibility index (Phi) is 2.66. The average Bonchev–Trinajstić information content (AvgIpc) is 2.01. The van der Waals surface area contributed by atoms with E-state index in [1.54, 1.807) is 6.07 Å². The fourth-order valence-electron chi connectivity index (χ4n) is 0.562. The van der Waals surface area contributed by atoms with Gasteiger partial charge in [0.05, 0.1) is 12.2 Å². The molecule has 0 aliphatic carbocycles. The van der Waals surface area contributed by atoms with Crippen molar-refractivity contribution in [1.82, 2.24) is 9.97 Å². The lowest BCUT2D eigenvalue weighted by molar-refractivity contribution is 0.953. The van der Waals surface area contributed by atoms with Gasteiger partial charge in [-0.15, -0.1) is 0 Å². The summed E-state index contributed by atoms with van der Waals surface area (Å²) in [7, 11) is 0. The number of azide groups is 1. The summed E-state index contributed by atoms with van der Waals surface area (Å²) < 4.78 is 0. The minimum absolute atomic E-state index is 0.163. The highest BCUT2D eigenvalue weighted by atomic mass is 35.5. The predicted octanol–water partition coefficient (Wildman–Crippen LogP) is 1.94. The van der Waals surface area contributed by atoms with E-state index in [0.717, 1.165) is 0 Å². The quantitative estimate of drug-likeness (QED) is 0.294. The summed E-state index contributed by atoms with van der Waals surface area (Å²) in [6.45, 7) is 0.207. The van der Waals surface area contributed by atoms with Gasteiger partial charge in [0.1, 0.15) is 0 Å². The van der Waals surface area contributed by atoms with E-state index >= 15 is 0 Å². The Morgan fingerprint density at radius 3 is 3.18 bits per heavy atom. The van der Waals surface area contributed by atoms with Crippen LogP contribution in [0.3, 0.4) is 0 Å².